The zero-order valence-corrected chi connectivity index (χ0v) is 10.2. The van der Waals surface area contributed by atoms with E-state index < -0.39 is 0 Å². The number of hydrogen-bond acceptors (Lipinski definition) is 2. The topological polar surface area (TPSA) is 15.3 Å². The fourth-order valence-electron chi connectivity index (χ4n) is 2.46. The number of likely N-dealkylation sites (N-methyl/N-ethyl adjacent to an activating group) is 1. The van der Waals surface area contributed by atoms with E-state index in [2.05, 4.69) is 47.5 Å². The molecule has 0 aliphatic carbocycles. The summed E-state index contributed by atoms with van der Waals surface area (Å²) >= 11 is 0. The van der Waals surface area contributed by atoms with Gasteiger partial charge in [0.15, 0.2) is 0 Å². The van der Waals surface area contributed by atoms with Crippen LogP contribution in [-0.4, -0.2) is 30.6 Å². The Morgan fingerprint density at radius 3 is 2.75 bits per heavy atom. The van der Waals surface area contributed by atoms with Crippen molar-refractivity contribution in [3.8, 4) is 0 Å². The molecule has 0 saturated carbocycles. The third kappa shape index (κ3) is 3.06. The van der Waals surface area contributed by atoms with Gasteiger partial charge in [0.05, 0.1) is 0 Å². The molecule has 0 unspecified atom stereocenters. The molecule has 1 fully saturated rings. The molecular weight excluding hydrogens is 196 g/mol. The van der Waals surface area contributed by atoms with Gasteiger partial charge in [-0.3, -0.25) is 4.90 Å². The Hall–Kier alpha value is -0.860. The van der Waals surface area contributed by atoms with E-state index in [9.17, 15) is 0 Å². The highest BCUT2D eigenvalue weighted by molar-refractivity contribution is 5.14. The predicted molar refractivity (Wildman–Crippen MR) is 68.4 cm³/mol. The van der Waals surface area contributed by atoms with Gasteiger partial charge in [-0.2, -0.15) is 0 Å². The summed E-state index contributed by atoms with van der Waals surface area (Å²) in [5.41, 5.74) is 1.43. The molecule has 2 nitrogen and oxygen atoms in total. The molecule has 1 heterocycles. The summed E-state index contributed by atoms with van der Waals surface area (Å²) < 4.78 is 0. The van der Waals surface area contributed by atoms with Crippen LogP contribution < -0.4 is 5.32 Å². The van der Waals surface area contributed by atoms with Crippen LogP contribution in [0.1, 0.15) is 25.3 Å². The maximum absolute atomic E-state index is 3.49. The second-order valence-electron chi connectivity index (χ2n) is 4.55. The van der Waals surface area contributed by atoms with Crippen LogP contribution in [0, 0.1) is 0 Å². The van der Waals surface area contributed by atoms with Gasteiger partial charge in [0.25, 0.3) is 0 Å². The van der Waals surface area contributed by atoms with Gasteiger partial charge < -0.3 is 5.32 Å². The van der Waals surface area contributed by atoms with Gasteiger partial charge in [-0.15, -0.1) is 0 Å². The van der Waals surface area contributed by atoms with Crippen molar-refractivity contribution in [2.75, 3.05) is 19.6 Å². The zero-order chi connectivity index (χ0) is 11.2. The van der Waals surface area contributed by atoms with Crippen molar-refractivity contribution in [1.29, 1.82) is 0 Å². The minimum atomic E-state index is 0.721. The van der Waals surface area contributed by atoms with Gasteiger partial charge in [0.1, 0.15) is 0 Å². The van der Waals surface area contributed by atoms with E-state index in [0.717, 1.165) is 25.7 Å². The van der Waals surface area contributed by atoms with Crippen LogP contribution in [0.3, 0.4) is 0 Å². The predicted octanol–water partition coefficient (Wildman–Crippen LogP) is 2.26. The first-order valence-electron chi connectivity index (χ1n) is 6.39. The Kier molecular flexibility index (Phi) is 4.37. The third-order valence-corrected chi connectivity index (χ3v) is 3.42. The van der Waals surface area contributed by atoms with E-state index in [-0.39, 0.29) is 0 Å². The Bertz CT molecular complexity index is 291. The Labute approximate surface area is 98.7 Å². The Morgan fingerprint density at radius 2 is 2.12 bits per heavy atom. The number of rotatable bonds is 4. The molecule has 88 valence electrons. The lowest BCUT2D eigenvalue weighted by atomic mass is 10.0. The van der Waals surface area contributed by atoms with Crippen LogP contribution in [0.4, 0.5) is 0 Å². The SMILES string of the molecule is CCN(Cc1ccccc1)[C@@H]1CCCNC1. The fraction of sp³-hybridized carbons (Fsp3) is 0.571. The molecule has 1 atom stereocenters. The lowest BCUT2D eigenvalue weighted by molar-refractivity contribution is 0.166. The van der Waals surface area contributed by atoms with Gasteiger partial charge in [0, 0.05) is 19.1 Å². The molecule has 0 bridgehead atoms. The molecule has 1 aliphatic heterocycles. The average molecular weight is 218 g/mol. The molecule has 2 heteroatoms. The van der Waals surface area contributed by atoms with Crippen molar-refractivity contribution in [3.63, 3.8) is 0 Å². The van der Waals surface area contributed by atoms with E-state index in [1.165, 1.54) is 24.9 Å². The summed E-state index contributed by atoms with van der Waals surface area (Å²) in [5, 5.41) is 3.49. The molecule has 0 spiro atoms. The summed E-state index contributed by atoms with van der Waals surface area (Å²) in [4.78, 5) is 2.58. The van der Waals surface area contributed by atoms with E-state index in [1.54, 1.807) is 0 Å². The second-order valence-corrected chi connectivity index (χ2v) is 4.55. The molecular formula is C14H22N2. The normalized spacial score (nSPS) is 21.2. The van der Waals surface area contributed by atoms with E-state index in [4.69, 9.17) is 0 Å². The first kappa shape index (κ1) is 11.6. The van der Waals surface area contributed by atoms with Crippen LogP contribution in [0.5, 0.6) is 0 Å². The van der Waals surface area contributed by atoms with Crippen molar-refractivity contribution >= 4 is 0 Å². The molecule has 0 aromatic heterocycles. The van der Waals surface area contributed by atoms with Gasteiger partial charge >= 0.3 is 0 Å². The monoisotopic (exact) mass is 218 g/mol. The number of nitrogens with zero attached hydrogens (tertiary/aromatic N) is 1. The minimum absolute atomic E-state index is 0.721. The van der Waals surface area contributed by atoms with Gasteiger partial charge in [0.2, 0.25) is 0 Å². The highest BCUT2D eigenvalue weighted by Gasteiger charge is 2.19. The Balaban J connectivity index is 1.94. The van der Waals surface area contributed by atoms with Crippen molar-refractivity contribution in [2.45, 2.75) is 32.4 Å². The summed E-state index contributed by atoms with van der Waals surface area (Å²) in [6.07, 6.45) is 2.66. The third-order valence-electron chi connectivity index (χ3n) is 3.42. The second kappa shape index (κ2) is 6.02. The lowest BCUT2D eigenvalue weighted by Gasteiger charge is -2.33. The zero-order valence-electron chi connectivity index (χ0n) is 10.2. The van der Waals surface area contributed by atoms with Crippen LogP contribution in [-0.2, 0) is 6.54 Å². The van der Waals surface area contributed by atoms with Crippen molar-refractivity contribution in [1.82, 2.24) is 10.2 Å². The molecule has 1 aliphatic rings. The molecule has 1 aromatic rings. The molecule has 0 radical (unpaired) electrons. The molecule has 2 rings (SSSR count). The first-order chi connectivity index (χ1) is 7.90. The van der Waals surface area contributed by atoms with Crippen molar-refractivity contribution < 1.29 is 0 Å². The summed E-state index contributed by atoms with van der Waals surface area (Å²) in [6.45, 7) is 6.84. The van der Waals surface area contributed by atoms with Crippen molar-refractivity contribution in [3.05, 3.63) is 35.9 Å². The minimum Gasteiger partial charge on any atom is -0.315 e. The van der Waals surface area contributed by atoms with Gasteiger partial charge in [-0.25, -0.2) is 0 Å². The number of piperidine rings is 1. The van der Waals surface area contributed by atoms with E-state index in [1.807, 2.05) is 0 Å². The summed E-state index contributed by atoms with van der Waals surface area (Å²) in [7, 11) is 0. The number of hydrogen-bond donors (Lipinski definition) is 1. The van der Waals surface area contributed by atoms with Gasteiger partial charge in [-0.05, 0) is 31.5 Å². The van der Waals surface area contributed by atoms with Gasteiger partial charge in [-0.1, -0.05) is 37.3 Å². The number of nitrogens with one attached hydrogen (secondary N) is 1. The van der Waals surface area contributed by atoms with Crippen LogP contribution >= 0.6 is 0 Å². The van der Waals surface area contributed by atoms with Crippen LogP contribution in [0.15, 0.2) is 30.3 Å². The highest BCUT2D eigenvalue weighted by atomic mass is 15.2. The summed E-state index contributed by atoms with van der Waals surface area (Å²) in [5.74, 6) is 0. The maximum atomic E-state index is 3.49. The smallest absolute Gasteiger partial charge is 0.0237 e. The first-order valence-corrected chi connectivity index (χ1v) is 6.39. The fourth-order valence-corrected chi connectivity index (χ4v) is 2.46. The average Bonchev–Trinajstić information content (AvgIpc) is 2.38. The highest BCUT2D eigenvalue weighted by Crippen LogP contribution is 2.13. The molecule has 1 N–H and O–H groups in total. The molecule has 0 amide bonds. The molecule has 16 heavy (non-hydrogen) atoms. The lowest BCUT2D eigenvalue weighted by Crippen LogP contribution is -2.45. The van der Waals surface area contributed by atoms with Crippen molar-refractivity contribution in [2.24, 2.45) is 0 Å². The Morgan fingerprint density at radius 1 is 1.31 bits per heavy atom. The molecule has 1 saturated heterocycles. The summed E-state index contributed by atoms with van der Waals surface area (Å²) in [6, 6.07) is 11.5. The van der Waals surface area contributed by atoms with Crippen LogP contribution in [0.25, 0.3) is 0 Å². The maximum Gasteiger partial charge on any atom is 0.0237 e. The quantitative estimate of drug-likeness (QED) is 0.834. The number of benzene rings is 1. The van der Waals surface area contributed by atoms with E-state index in [0.29, 0.717) is 0 Å². The van der Waals surface area contributed by atoms with Crippen LogP contribution in [0.2, 0.25) is 0 Å². The molecule has 1 aromatic carbocycles. The standard InChI is InChI=1S/C14H22N2/c1-2-16(14-9-6-10-15-11-14)12-13-7-4-3-5-8-13/h3-5,7-8,14-15H,2,6,9-12H2,1H3/t14-/m1/s1. The largest absolute Gasteiger partial charge is 0.315 e. The van der Waals surface area contributed by atoms with E-state index >= 15 is 0 Å².